The summed E-state index contributed by atoms with van der Waals surface area (Å²) in [5.74, 6) is 0. The van der Waals surface area contributed by atoms with Gasteiger partial charge < -0.3 is 0 Å². The number of aromatic nitrogens is 3. The van der Waals surface area contributed by atoms with Gasteiger partial charge in [-0.15, -0.1) is 11.3 Å². The molecular formula is C21H19N3OS. The second kappa shape index (κ2) is 6.50. The maximum atomic E-state index is 12.9. The Morgan fingerprint density at radius 2 is 1.81 bits per heavy atom. The molecule has 0 N–H and O–H groups in total. The van der Waals surface area contributed by atoms with E-state index in [-0.39, 0.29) is 5.56 Å². The highest BCUT2D eigenvalue weighted by atomic mass is 32.1. The zero-order valence-corrected chi connectivity index (χ0v) is 15.8. The number of benzene rings is 2. The Kier molecular flexibility index (Phi) is 4.17. The lowest BCUT2D eigenvalue weighted by Gasteiger charge is -2.11. The Balaban J connectivity index is 1.97. The van der Waals surface area contributed by atoms with E-state index in [1.807, 2.05) is 37.3 Å². The van der Waals surface area contributed by atoms with Gasteiger partial charge in [0.05, 0.1) is 16.3 Å². The van der Waals surface area contributed by atoms with Crippen molar-refractivity contribution in [1.29, 1.82) is 0 Å². The SMILES string of the molecule is Cc1ccc(-c2nn(Cc3ccccc3)c(=O)c3nc(C)sc23)c(C)c1. The van der Waals surface area contributed by atoms with Crippen LogP contribution in [0.5, 0.6) is 0 Å². The second-order valence-corrected chi connectivity index (χ2v) is 7.73. The number of nitrogens with zero attached hydrogens (tertiary/aromatic N) is 3. The first-order chi connectivity index (χ1) is 12.5. The molecule has 130 valence electrons. The summed E-state index contributed by atoms with van der Waals surface area (Å²) in [6.07, 6.45) is 0. The fourth-order valence-corrected chi connectivity index (χ4v) is 4.09. The van der Waals surface area contributed by atoms with Crippen LogP contribution >= 0.6 is 11.3 Å². The molecule has 5 heteroatoms. The van der Waals surface area contributed by atoms with E-state index in [1.54, 1.807) is 0 Å². The van der Waals surface area contributed by atoms with Crippen LogP contribution in [-0.4, -0.2) is 14.8 Å². The van der Waals surface area contributed by atoms with Crippen molar-refractivity contribution in [1.82, 2.24) is 14.8 Å². The van der Waals surface area contributed by atoms with Crippen LogP contribution < -0.4 is 5.56 Å². The van der Waals surface area contributed by atoms with Crippen molar-refractivity contribution in [2.75, 3.05) is 0 Å². The summed E-state index contributed by atoms with van der Waals surface area (Å²) >= 11 is 1.53. The van der Waals surface area contributed by atoms with Gasteiger partial charge in [0, 0.05) is 5.56 Å². The van der Waals surface area contributed by atoms with E-state index in [2.05, 4.69) is 37.0 Å². The summed E-state index contributed by atoms with van der Waals surface area (Å²) in [5.41, 5.74) is 5.65. The third kappa shape index (κ3) is 2.95. The fourth-order valence-electron chi connectivity index (χ4n) is 3.19. The maximum Gasteiger partial charge on any atom is 0.294 e. The van der Waals surface area contributed by atoms with Gasteiger partial charge in [-0.3, -0.25) is 4.79 Å². The highest BCUT2D eigenvalue weighted by molar-refractivity contribution is 7.19. The van der Waals surface area contributed by atoms with Gasteiger partial charge in [-0.1, -0.05) is 54.1 Å². The molecule has 0 radical (unpaired) electrons. The fraction of sp³-hybridized carbons (Fsp3) is 0.190. The number of fused-ring (bicyclic) bond motifs is 1. The Morgan fingerprint density at radius 1 is 1.04 bits per heavy atom. The number of thiazole rings is 1. The Bertz CT molecular complexity index is 1160. The van der Waals surface area contributed by atoms with E-state index in [9.17, 15) is 4.79 Å². The first-order valence-corrected chi connectivity index (χ1v) is 9.34. The van der Waals surface area contributed by atoms with Gasteiger partial charge in [0.1, 0.15) is 5.69 Å². The topological polar surface area (TPSA) is 47.8 Å². The van der Waals surface area contributed by atoms with Gasteiger partial charge in [-0.25, -0.2) is 9.67 Å². The van der Waals surface area contributed by atoms with Crippen LogP contribution in [0, 0.1) is 20.8 Å². The minimum atomic E-state index is -0.137. The lowest BCUT2D eigenvalue weighted by atomic mass is 10.0. The molecule has 0 atom stereocenters. The van der Waals surface area contributed by atoms with E-state index in [0.29, 0.717) is 12.1 Å². The van der Waals surface area contributed by atoms with Crippen LogP contribution in [0.4, 0.5) is 0 Å². The first-order valence-electron chi connectivity index (χ1n) is 8.53. The maximum absolute atomic E-state index is 12.9. The third-order valence-corrected chi connectivity index (χ3v) is 5.40. The first kappa shape index (κ1) is 16.7. The minimum absolute atomic E-state index is 0.137. The summed E-state index contributed by atoms with van der Waals surface area (Å²) in [6.45, 7) is 6.52. The molecule has 4 rings (SSSR count). The summed E-state index contributed by atoms with van der Waals surface area (Å²) in [6, 6.07) is 16.2. The summed E-state index contributed by atoms with van der Waals surface area (Å²) in [5, 5.41) is 5.62. The third-order valence-electron chi connectivity index (χ3n) is 4.42. The largest absolute Gasteiger partial charge is 0.294 e. The summed E-state index contributed by atoms with van der Waals surface area (Å²) in [4.78, 5) is 17.4. The van der Waals surface area contributed by atoms with Crippen molar-refractivity contribution in [2.45, 2.75) is 27.3 Å². The molecule has 0 fully saturated rings. The number of hydrogen-bond acceptors (Lipinski definition) is 4. The smallest absolute Gasteiger partial charge is 0.265 e. The molecule has 2 aromatic carbocycles. The predicted octanol–water partition coefficient (Wildman–Crippen LogP) is 4.49. The summed E-state index contributed by atoms with van der Waals surface area (Å²) < 4.78 is 2.40. The molecule has 0 saturated carbocycles. The molecule has 0 aliphatic rings. The average Bonchev–Trinajstić information content (AvgIpc) is 3.01. The molecule has 0 spiro atoms. The van der Waals surface area contributed by atoms with E-state index in [1.165, 1.54) is 21.6 Å². The second-order valence-electron chi connectivity index (χ2n) is 6.53. The molecule has 0 aliphatic carbocycles. The Morgan fingerprint density at radius 3 is 2.54 bits per heavy atom. The lowest BCUT2D eigenvalue weighted by Crippen LogP contribution is -2.24. The zero-order chi connectivity index (χ0) is 18.3. The molecule has 4 aromatic rings. The molecule has 0 aliphatic heterocycles. The van der Waals surface area contributed by atoms with Gasteiger partial charge >= 0.3 is 0 Å². The molecule has 4 nitrogen and oxygen atoms in total. The molecular weight excluding hydrogens is 342 g/mol. The Hall–Kier alpha value is -2.79. The van der Waals surface area contributed by atoms with Crippen LogP contribution in [-0.2, 0) is 6.54 Å². The molecule has 2 heterocycles. The van der Waals surface area contributed by atoms with Crippen molar-refractivity contribution < 1.29 is 0 Å². The predicted molar refractivity (Wildman–Crippen MR) is 107 cm³/mol. The number of hydrogen-bond donors (Lipinski definition) is 0. The van der Waals surface area contributed by atoms with Crippen molar-refractivity contribution in [3.63, 3.8) is 0 Å². The van der Waals surface area contributed by atoms with Crippen LogP contribution in [0.15, 0.2) is 53.3 Å². The van der Waals surface area contributed by atoms with E-state index >= 15 is 0 Å². The lowest BCUT2D eigenvalue weighted by molar-refractivity contribution is 0.650. The minimum Gasteiger partial charge on any atom is -0.265 e. The standard InChI is InChI=1S/C21H19N3OS/c1-13-9-10-17(14(2)11-13)18-20-19(22-15(3)26-20)21(25)24(23-18)12-16-7-5-4-6-8-16/h4-11H,12H2,1-3H3. The van der Waals surface area contributed by atoms with Crippen LogP contribution in [0.1, 0.15) is 21.7 Å². The molecule has 26 heavy (non-hydrogen) atoms. The van der Waals surface area contributed by atoms with Crippen molar-refractivity contribution >= 4 is 21.6 Å². The van der Waals surface area contributed by atoms with E-state index in [4.69, 9.17) is 5.10 Å². The van der Waals surface area contributed by atoms with Crippen LogP contribution in [0.3, 0.4) is 0 Å². The van der Waals surface area contributed by atoms with Crippen LogP contribution in [0.2, 0.25) is 0 Å². The number of aryl methyl sites for hydroxylation is 3. The average molecular weight is 361 g/mol. The summed E-state index contributed by atoms with van der Waals surface area (Å²) in [7, 11) is 0. The van der Waals surface area contributed by atoms with Crippen molar-refractivity contribution in [2.24, 2.45) is 0 Å². The monoisotopic (exact) mass is 361 g/mol. The quantitative estimate of drug-likeness (QED) is 0.540. The van der Waals surface area contributed by atoms with E-state index in [0.717, 1.165) is 32.1 Å². The Labute approximate surface area is 155 Å². The molecule has 0 bridgehead atoms. The highest BCUT2D eigenvalue weighted by Crippen LogP contribution is 2.31. The molecule has 0 amide bonds. The van der Waals surface area contributed by atoms with Crippen molar-refractivity contribution in [3.8, 4) is 11.3 Å². The molecule has 0 saturated heterocycles. The molecule has 0 unspecified atom stereocenters. The van der Waals surface area contributed by atoms with Crippen LogP contribution in [0.25, 0.3) is 21.5 Å². The van der Waals surface area contributed by atoms with E-state index < -0.39 is 0 Å². The zero-order valence-electron chi connectivity index (χ0n) is 15.0. The van der Waals surface area contributed by atoms with Gasteiger partial charge in [0.2, 0.25) is 0 Å². The van der Waals surface area contributed by atoms with Gasteiger partial charge in [0.15, 0.2) is 5.52 Å². The highest BCUT2D eigenvalue weighted by Gasteiger charge is 2.17. The van der Waals surface area contributed by atoms with Crippen molar-refractivity contribution in [3.05, 3.63) is 80.6 Å². The molecule has 2 aromatic heterocycles. The van der Waals surface area contributed by atoms with Gasteiger partial charge in [-0.05, 0) is 31.9 Å². The number of rotatable bonds is 3. The normalized spacial score (nSPS) is 11.2. The van der Waals surface area contributed by atoms with Gasteiger partial charge in [0.25, 0.3) is 5.56 Å². The van der Waals surface area contributed by atoms with Gasteiger partial charge in [-0.2, -0.15) is 5.10 Å².